The van der Waals surface area contributed by atoms with Crippen LogP contribution in [-0.4, -0.2) is 23.5 Å². The molecule has 0 spiro atoms. The van der Waals surface area contributed by atoms with E-state index in [1.807, 2.05) is 12.1 Å². The van der Waals surface area contributed by atoms with Crippen LogP contribution in [0.4, 0.5) is 4.79 Å². The van der Waals surface area contributed by atoms with Gasteiger partial charge in [-0.1, -0.05) is 24.3 Å². The highest BCUT2D eigenvalue weighted by Crippen LogP contribution is 2.05. The highest BCUT2D eigenvalue weighted by molar-refractivity contribution is 5.93. The molecule has 0 aromatic heterocycles. The quantitative estimate of drug-likeness (QED) is 0.738. The maximum Gasteiger partial charge on any atom is 0.404 e. The van der Waals surface area contributed by atoms with Crippen LogP contribution >= 0.6 is 0 Å². The van der Waals surface area contributed by atoms with Crippen LogP contribution in [0.5, 0.6) is 0 Å². The average molecular weight is 207 g/mol. The molecule has 1 rings (SSSR count). The van der Waals surface area contributed by atoms with Crippen LogP contribution in [0.1, 0.15) is 22.8 Å². The summed E-state index contributed by atoms with van der Waals surface area (Å²) >= 11 is 0. The minimum absolute atomic E-state index is 0.0326. The highest BCUT2D eigenvalue weighted by Gasteiger charge is 1.99. The van der Waals surface area contributed by atoms with Crippen molar-refractivity contribution in [1.82, 2.24) is 5.32 Å². The molecule has 0 aliphatic carbocycles. The molecular weight excluding hydrogens is 194 g/mol. The van der Waals surface area contributed by atoms with Crippen LogP contribution < -0.4 is 5.32 Å². The third-order valence-corrected chi connectivity index (χ3v) is 2.05. The molecule has 0 saturated carbocycles. The molecule has 0 radical (unpaired) electrons. The van der Waals surface area contributed by atoms with Gasteiger partial charge in [0, 0.05) is 12.1 Å². The summed E-state index contributed by atoms with van der Waals surface area (Å²) < 4.78 is 0. The van der Waals surface area contributed by atoms with Crippen LogP contribution in [0.25, 0.3) is 0 Å². The van der Waals surface area contributed by atoms with Crippen LogP contribution in [0.3, 0.4) is 0 Å². The minimum atomic E-state index is -1.02. The maximum absolute atomic E-state index is 11.0. The Morgan fingerprint density at radius 2 is 1.87 bits per heavy atom. The lowest BCUT2D eigenvalue weighted by atomic mass is 10.1. The summed E-state index contributed by atoms with van der Waals surface area (Å²) in [4.78, 5) is 21.1. The number of hydrogen-bond donors (Lipinski definition) is 2. The Labute approximate surface area is 87.9 Å². The smallest absolute Gasteiger partial charge is 0.404 e. The number of benzene rings is 1. The van der Waals surface area contributed by atoms with Gasteiger partial charge in [0.15, 0.2) is 5.78 Å². The Bertz CT molecular complexity index is 357. The lowest BCUT2D eigenvalue weighted by Crippen LogP contribution is -2.23. The van der Waals surface area contributed by atoms with E-state index in [0.717, 1.165) is 5.56 Å². The molecule has 0 heterocycles. The number of rotatable bonds is 4. The van der Waals surface area contributed by atoms with Gasteiger partial charge >= 0.3 is 6.09 Å². The van der Waals surface area contributed by atoms with E-state index in [4.69, 9.17) is 5.11 Å². The number of ketones is 1. The van der Waals surface area contributed by atoms with Gasteiger partial charge in [-0.25, -0.2) is 4.79 Å². The van der Waals surface area contributed by atoms with Crippen molar-refractivity contribution >= 4 is 11.9 Å². The first kappa shape index (κ1) is 11.2. The highest BCUT2D eigenvalue weighted by atomic mass is 16.4. The van der Waals surface area contributed by atoms with Crippen molar-refractivity contribution in [2.75, 3.05) is 6.54 Å². The number of Topliss-reactive ketones (excluding diaryl/α,β-unsaturated/α-hetero) is 1. The molecule has 4 nitrogen and oxygen atoms in total. The molecule has 1 amide bonds. The first-order valence-electron chi connectivity index (χ1n) is 4.66. The van der Waals surface area contributed by atoms with Gasteiger partial charge in [-0.3, -0.25) is 4.79 Å². The molecule has 0 aliphatic rings. The van der Waals surface area contributed by atoms with Crippen LogP contribution in [0, 0.1) is 0 Å². The Morgan fingerprint density at radius 3 is 2.33 bits per heavy atom. The van der Waals surface area contributed by atoms with E-state index in [2.05, 4.69) is 5.32 Å². The fourth-order valence-electron chi connectivity index (χ4n) is 1.22. The van der Waals surface area contributed by atoms with E-state index in [1.54, 1.807) is 12.1 Å². The second-order valence-electron chi connectivity index (χ2n) is 3.24. The van der Waals surface area contributed by atoms with Crippen molar-refractivity contribution in [3.05, 3.63) is 35.4 Å². The molecule has 80 valence electrons. The third-order valence-electron chi connectivity index (χ3n) is 2.05. The lowest BCUT2D eigenvalue weighted by Gasteiger charge is -2.02. The molecule has 0 atom stereocenters. The topological polar surface area (TPSA) is 66.4 Å². The zero-order chi connectivity index (χ0) is 11.3. The summed E-state index contributed by atoms with van der Waals surface area (Å²) in [5.41, 5.74) is 1.68. The van der Waals surface area contributed by atoms with Gasteiger partial charge in [-0.2, -0.15) is 0 Å². The number of carbonyl (C=O) groups excluding carboxylic acids is 1. The minimum Gasteiger partial charge on any atom is -0.465 e. The van der Waals surface area contributed by atoms with E-state index in [-0.39, 0.29) is 5.78 Å². The molecule has 0 fully saturated rings. The summed E-state index contributed by atoms with van der Waals surface area (Å²) in [7, 11) is 0. The Kier molecular flexibility index (Phi) is 3.85. The zero-order valence-electron chi connectivity index (χ0n) is 8.49. The Hall–Kier alpha value is -1.84. The number of carboxylic acid groups (broad SMARTS) is 1. The summed E-state index contributed by atoms with van der Waals surface area (Å²) in [6.45, 7) is 1.90. The zero-order valence-corrected chi connectivity index (χ0v) is 8.49. The monoisotopic (exact) mass is 207 g/mol. The summed E-state index contributed by atoms with van der Waals surface area (Å²) in [5, 5.41) is 10.6. The van der Waals surface area contributed by atoms with Crippen molar-refractivity contribution in [3.8, 4) is 0 Å². The SMILES string of the molecule is CC(=O)c1ccc(CCNC(=O)O)cc1. The first-order valence-corrected chi connectivity index (χ1v) is 4.66. The number of carbonyl (C=O) groups is 2. The van der Waals surface area contributed by atoms with Crippen LogP contribution in [-0.2, 0) is 6.42 Å². The molecule has 0 aliphatic heterocycles. The molecule has 1 aromatic carbocycles. The van der Waals surface area contributed by atoms with Crippen molar-refractivity contribution in [3.63, 3.8) is 0 Å². The second kappa shape index (κ2) is 5.14. The van der Waals surface area contributed by atoms with Crippen LogP contribution in [0.2, 0.25) is 0 Å². The second-order valence-corrected chi connectivity index (χ2v) is 3.24. The van der Waals surface area contributed by atoms with E-state index >= 15 is 0 Å². The van der Waals surface area contributed by atoms with Gasteiger partial charge < -0.3 is 10.4 Å². The van der Waals surface area contributed by atoms with E-state index in [9.17, 15) is 9.59 Å². The molecule has 0 bridgehead atoms. The van der Waals surface area contributed by atoms with Crippen molar-refractivity contribution in [2.45, 2.75) is 13.3 Å². The Balaban J connectivity index is 2.50. The van der Waals surface area contributed by atoms with Gasteiger partial charge in [0.2, 0.25) is 0 Å². The van der Waals surface area contributed by atoms with Gasteiger partial charge in [0.1, 0.15) is 0 Å². The first-order chi connectivity index (χ1) is 7.09. The fraction of sp³-hybridized carbons (Fsp3) is 0.273. The number of nitrogens with one attached hydrogen (secondary N) is 1. The number of hydrogen-bond acceptors (Lipinski definition) is 2. The third kappa shape index (κ3) is 3.81. The van der Waals surface area contributed by atoms with Gasteiger partial charge in [-0.05, 0) is 18.9 Å². The van der Waals surface area contributed by atoms with E-state index in [1.165, 1.54) is 6.92 Å². The van der Waals surface area contributed by atoms with E-state index in [0.29, 0.717) is 18.5 Å². The predicted molar refractivity (Wildman–Crippen MR) is 56.2 cm³/mol. The van der Waals surface area contributed by atoms with Gasteiger partial charge in [-0.15, -0.1) is 0 Å². The molecule has 0 unspecified atom stereocenters. The van der Waals surface area contributed by atoms with Crippen LogP contribution in [0.15, 0.2) is 24.3 Å². The summed E-state index contributed by atoms with van der Waals surface area (Å²) in [6.07, 6.45) is -0.389. The average Bonchev–Trinajstić information content (AvgIpc) is 2.18. The molecule has 1 aromatic rings. The molecule has 2 N–H and O–H groups in total. The molecular formula is C11H13NO3. The number of amides is 1. The molecule has 0 saturated heterocycles. The van der Waals surface area contributed by atoms with Gasteiger partial charge in [0.25, 0.3) is 0 Å². The summed E-state index contributed by atoms with van der Waals surface area (Å²) in [5.74, 6) is 0.0326. The molecule has 4 heteroatoms. The lowest BCUT2D eigenvalue weighted by molar-refractivity contribution is 0.101. The fourth-order valence-corrected chi connectivity index (χ4v) is 1.22. The van der Waals surface area contributed by atoms with Gasteiger partial charge in [0.05, 0.1) is 0 Å². The largest absolute Gasteiger partial charge is 0.465 e. The van der Waals surface area contributed by atoms with Crippen molar-refractivity contribution in [2.24, 2.45) is 0 Å². The Morgan fingerprint density at radius 1 is 1.27 bits per heavy atom. The normalized spacial score (nSPS) is 9.67. The predicted octanol–water partition coefficient (Wildman–Crippen LogP) is 1.70. The standard InChI is InChI=1S/C11H13NO3/c1-8(13)10-4-2-9(3-5-10)6-7-12-11(14)15/h2-5,12H,6-7H2,1H3,(H,14,15). The van der Waals surface area contributed by atoms with Crippen molar-refractivity contribution < 1.29 is 14.7 Å². The van der Waals surface area contributed by atoms with E-state index < -0.39 is 6.09 Å². The maximum atomic E-state index is 11.0. The molecule has 15 heavy (non-hydrogen) atoms. The summed E-state index contributed by atoms with van der Waals surface area (Å²) in [6, 6.07) is 7.16. The van der Waals surface area contributed by atoms with Crippen molar-refractivity contribution in [1.29, 1.82) is 0 Å².